The van der Waals surface area contributed by atoms with Crippen molar-refractivity contribution in [3.05, 3.63) is 35.4 Å². The van der Waals surface area contributed by atoms with Crippen LogP contribution in [-0.4, -0.2) is 29.7 Å². The second kappa shape index (κ2) is 5.13. The molecule has 3 heteroatoms. The highest BCUT2D eigenvalue weighted by atomic mass is 16.2. The minimum Gasteiger partial charge on any atom is -0.335 e. The molecule has 1 aliphatic heterocycles. The maximum atomic E-state index is 11.8. The normalized spacial score (nSPS) is 15.4. The Morgan fingerprint density at radius 1 is 1.29 bits per heavy atom. The number of benzene rings is 1. The average molecular weight is 231 g/mol. The third-order valence-corrected chi connectivity index (χ3v) is 3.13. The summed E-state index contributed by atoms with van der Waals surface area (Å²) in [4.78, 5) is 24.5. The first-order chi connectivity index (χ1) is 8.15. The number of hydrogen-bond acceptors (Lipinski definition) is 2. The standard InChI is InChI=1S/C14H17NO2/c1-11-2-4-12(5-3-11)6-7-14(17)15-9-8-13(16)10-15/h2-5H,6-10H2,1H3. The summed E-state index contributed by atoms with van der Waals surface area (Å²) in [5.74, 6) is 0.269. The van der Waals surface area contributed by atoms with E-state index in [-0.39, 0.29) is 11.7 Å². The van der Waals surface area contributed by atoms with Gasteiger partial charge in [0.1, 0.15) is 0 Å². The molecule has 0 N–H and O–H groups in total. The Labute approximate surface area is 101 Å². The summed E-state index contributed by atoms with van der Waals surface area (Å²) in [6, 6.07) is 8.22. The predicted octanol–water partition coefficient (Wildman–Crippen LogP) is 1.73. The third-order valence-electron chi connectivity index (χ3n) is 3.13. The number of amides is 1. The zero-order valence-electron chi connectivity index (χ0n) is 10.1. The molecule has 3 nitrogen and oxygen atoms in total. The van der Waals surface area contributed by atoms with Gasteiger partial charge in [-0.2, -0.15) is 0 Å². The minimum atomic E-state index is 0.0939. The molecular weight excluding hydrogens is 214 g/mol. The summed E-state index contributed by atoms with van der Waals surface area (Å²) in [6.07, 6.45) is 1.77. The second-order valence-electron chi connectivity index (χ2n) is 4.59. The molecule has 90 valence electrons. The molecule has 1 aliphatic rings. The maximum Gasteiger partial charge on any atom is 0.223 e. The van der Waals surface area contributed by atoms with E-state index in [0.717, 1.165) is 6.42 Å². The van der Waals surface area contributed by atoms with Crippen LogP contribution in [0.15, 0.2) is 24.3 Å². The summed E-state index contributed by atoms with van der Waals surface area (Å²) in [5, 5.41) is 0. The SMILES string of the molecule is Cc1ccc(CCC(=O)N2CCC(=O)C2)cc1. The van der Waals surface area contributed by atoms with E-state index in [1.54, 1.807) is 4.90 Å². The molecule has 0 unspecified atom stereocenters. The van der Waals surface area contributed by atoms with Crippen molar-refractivity contribution in [3.63, 3.8) is 0 Å². The fourth-order valence-electron chi connectivity index (χ4n) is 2.01. The van der Waals surface area contributed by atoms with Crippen LogP contribution in [-0.2, 0) is 16.0 Å². The zero-order chi connectivity index (χ0) is 12.3. The Balaban J connectivity index is 1.84. The van der Waals surface area contributed by atoms with Crippen molar-refractivity contribution < 1.29 is 9.59 Å². The first kappa shape index (κ1) is 11.8. The largest absolute Gasteiger partial charge is 0.335 e. The molecule has 1 heterocycles. The van der Waals surface area contributed by atoms with E-state index in [0.29, 0.717) is 25.9 Å². The van der Waals surface area contributed by atoms with Crippen LogP contribution in [0, 0.1) is 6.92 Å². The van der Waals surface area contributed by atoms with E-state index >= 15 is 0 Å². The number of likely N-dealkylation sites (tertiary alicyclic amines) is 1. The molecule has 1 saturated heterocycles. The van der Waals surface area contributed by atoms with Crippen LogP contribution in [0.25, 0.3) is 0 Å². The van der Waals surface area contributed by atoms with E-state index in [9.17, 15) is 9.59 Å². The van der Waals surface area contributed by atoms with Gasteiger partial charge >= 0.3 is 0 Å². The molecule has 1 fully saturated rings. The number of carbonyl (C=O) groups is 2. The fourth-order valence-corrected chi connectivity index (χ4v) is 2.01. The maximum absolute atomic E-state index is 11.8. The van der Waals surface area contributed by atoms with Gasteiger partial charge in [-0.05, 0) is 18.9 Å². The van der Waals surface area contributed by atoms with Crippen molar-refractivity contribution >= 4 is 11.7 Å². The summed E-state index contributed by atoms with van der Waals surface area (Å²) in [7, 11) is 0. The van der Waals surface area contributed by atoms with Crippen molar-refractivity contribution in [2.75, 3.05) is 13.1 Å². The average Bonchev–Trinajstić information content (AvgIpc) is 2.75. The quantitative estimate of drug-likeness (QED) is 0.794. The highest BCUT2D eigenvalue weighted by Gasteiger charge is 2.23. The smallest absolute Gasteiger partial charge is 0.223 e. The highest BCUT2D eigenvalue weighted by molar-refractivity contribution is 5.89. The van der Waals surface area contributed by atoms with Gasteiger partial charge in [0.25, 0.3) is 0 Å². The first-order valence-corrected chi connectivity index (χ1v) is 6.00. The Kier molecular flexibility index (Phi) is 3.57. The molecule has 1 amide bonds. The van der Waals surface area contributed by atoms with Crippen molar-refractivity contribution in [2.45, 2.75) is 26.2 Å². The lowest BCUT2D eigenvalue weighted by Gasteiger charge is -2.13. The Bertz CT molecular complexity index is 422. The lowest BCUT2D eigenvalue weighted by Crippen LogP contribution is -2.28. The van der Waals surface area contributed by atoms with Gasteiger partial charge in [-0.15, -0.1) is 0 Å². The van der Waals surface area contributed by atoms with Crippen LogP contribution < -0.4 is 0 Å². The molecule has 0 aliphatic carbocycles. The number of nitrogens with zero attached hydrogens (tertiary/aromatic N) is 1. The number of ketones is 1. The first-order valence-electron chi connectivity index (χ1n) is 6.00. The summed E-state index contributed by atoms with van der Waals surface area (Å²) >= 11 is 0. The fraction of sp³-hybridized carbons (Fsp3) is 0.429. The molecule has 0 atom stereocenters. The molecule has 1 aromatic rings. The number of rotatable bonds is 3. The number of hydrogen-bond donors (Lipinski definition) is 0. The van der Waals surface area contributed by atoms with Crippen LogP contribution in [0.3, 0.4) is 0 Å². The Hall–Kier alpha value is -1.64. The predicted molar refractivity (Wildman–Crippen MR) is 65.7 cm³/mol. The monoisotopic (exact) mass is 231 g/mol. The molecule has 1 aromatic carbocycles. The van der Waals surface area contributed by atoms with Gasteiger partial charge in [0.05, 0.1) is 6.54 Å². The molecule has 17 heavy (non-hydrogen) atoms. The van der Waals surface area contributed by atoms with E-state index < -0.39 is 0 Å². The van der Waals surface area contributed by atoms with Crippen LogP contribution in [0.1, 0.15) is 24.0 Å². The summed E-state index contributed by atoms with van der Waals surface area (Å²) < 4.78 is 0. The van der Waals surface area contributed by atoms with Gasteiger partial charge in [0, 0.05) is 19.4 Å². The van der Waals surface area contributed by atoms with Gasteiger partial charge in [-0.25, -0.2) is 0 Å². The van der Waals surface area contributed by atoms with Gasteiger partial charge in [-0.3, -0.25) is 9.59 Å². The van der Waals surface area contributed by atoms with E-state index in [1.807, 2.05) is 6.92 Å². The highest BCUT2D eigenvalue weighted by Crippen LogP contribution is 2.10. The summed E-state index contributed by atoms with van der Waals surface area (Å²) in [6.45, 7) is 2.96. The Morgan fingerprint density at radius 3 is 2.59 bits per heavy atom. The van der Waals surface area contributed by atoms with Gasteiger partial charge in [0.15, 0.2) is 5.78 Å². The zero-order valence-corrected chi connectivity index (χ0v) is 10.1. The number of carbonyl (C=O) groups excluding carboxylic acids is 2. The van der Waals surface area contributed by atoms with E-state index in [4.69, 9.17) is 0 Å². The molecule has 0 bridgehead atoms. The molecule has 0 aromatic heterocycles. The van der Waals surface area contributed by atoms with Crippen LogP contribution in [0.5, 0.6) is 0 Å². The van der Waals surface area contributed by atoms with Gasteiger partial charge in [0.2, 0.25) is 5.91 Å². The molecular formula is C14H17NO2. The van der Waals surface area contributed by atoms with Crippen LogP contribution in [0.2, 0.25) is 0 Å². The molecule has 0 spiro atoms. The van der Waals surface area contributed by atoms with Crippen LogP contribution in [0.4, 0.5) is 0 Å². The third kappa shape index (κ3) is 3.16. The Morgan fingerprint density at radius 2 is 2.00 bits per heavy atom. The van der Waals surface area contributed by atoms with E-state index in [2.05, 4.69) is 24.3 Å². The second-order valence-corrected chi connectivity index (χ2v) is 4.59. The lowest BCUT2D eigenvalue weighted by atomic mass is 10.1. The van der Waals surface area contributed by atoms with Gasteiger partial charge in [-0.1, -0.05) is 29.8 Å². The molecule has 2 rings (SSSR count). The lowest BCUT2D eigenvalue weighted by molar-refractivity contribution is -0.131. The molecule has 0 radical (unpaired) electrons. The topological polar surface area (TPSA) is 37.4 Å². The van der Waals surface area contributed by atoms with Gasteiger partial charge < -0.3 is 4.90 Å². The minimum absolute atomic E-state index is 0.0939. The van der Waals surface area contributed by atoms with Crippen molar-refractivity contribution in [2.24, 2.45) is 0 Å². The van der Waals surface area contributed by atoms with Crippen LogP contribution >= 0.6 is 0 Å². The molecule has 0 saturated carbocycles. The van der Waals surface area contributed by atoms with Crippen molar-refractivity contribution in [1.82, 2.24) is 4.90 Å². The van der Waals surface area contributed by atoms with Crippen molar-refractivity contribution in [1.29, 1.82) is 0 Å². The number of Topliss-reactive ketones (excluding diaryl/α,β-unsaturated/α-hetero) is 1. The van der Waals surface area contributed by atoms with Crippen molar-refractivity contribution in [3.8, 4) is 0 Å². The van der Waals surface area contributed by atoms with E-state index in [1.165, 1.54) is 11.1 Å². The summed E-state index contributed by atoms with van der Waals surface area (Å²) in [5.41, 5.74) is 2.40. The number of aryl methyl sites for hydroxylation is 2.